The smallest absolute Gasteiger partial charge is 0.309 e. The number of aliphatic hydroxyl groups is 1. The van der Waals surface area contributed by atoms with Crippen molar-refractivity contribution < 1.29 is 34.1 Å². The number of aliphatic hydroxyl groups excluding tert-OH is 1. The van der Waals surface area contributed by atoms with Gasteiger partial charge in [0, 0.05) is 30.3 Å². The summed E-state index contributed by atoms with van der Waals surface area (Å²) in [6, 6.07) is 0. The summed E-state index contributed by atoms with van der Waals surface area (Å²) in [7, 11) is 3.83. The number of carbonyl (C=O) groups is 4. The second kappa shape index (κ2) is 14.5. The molecule has 5 fully saturated rings. The maximum atomic E-state index is 14.2. The predicted octanol–water partition coefficient (Wildman–Crippen LogP) is 7.93. The quantitative estimate of drug-likeness (QED) is 0.192. The van der Waals surface area contributed by atoms with Gasteiger partial charge in [-0.25, -0.2) is 0 Å². The maximum Gasteiger partial charge on any atom is 0.309 e. The highest BCUT2D eigenvalue weighted by Crippen LogP contribution is 2.77. The van der Waals surface area contributed by atoms with E-state index >= 15 is 0 Å². The number of allylic oxidation sites excluding steroid dienone is 1. The second-order valence-electron chi connectivity index (χ2n) is 21.9. The third-order valence-corrected chi connectivity index (χ3v) is 17.4. The largest absolute Gasteiger partial charge is 0.481 e. The van der Waals surface area contributed by atoms with Gasteiger partial charge in [0.1, 0.15) is 6.10 Å². The van der Waals surface area contributed by atoms with Gasteiger partial charge in [0.15, 0.2) is 5.78 Å². The van der Waals surface area contributed by atoms with Crippen LogP contribution in [0.5, 0.6) is 0 Å². The standard InChI is InChI=1S/C46H74N2O7/c1-28(2)38-31(49)23-46(34(50)26-48(25-29-13-12-14-29)36(51)27-47(10)11)22-21-44(8)30(39(38)46)15-16-33-43(7)19-18-35(55-37(52)24-41(3,4)40(53)54)42(5,6)32(43)17-20-45(33,44)9/h28-30,32-35,50H,12-27H2,1-11H3,(H,53,54)/t30-,32+,33-,34?,35+,43+,44-,45-,46?/m1/s1. The number of aliphatic carboxylic acids is 1. The number of carboxylic acid groups (broad SMARTS) is 1. The van der Waals surface area contributed by atoms with Gasteiger partial charge in [-0.05, 0) is 144 Å². The molecule has 2 N–H and O–H groups in total. The SMILES string of the molecule is CC(C)C1=C2[C@H]3CC[C@@H]4[C@@]5(C)CC[C@H](OC(=O)CC(C)(C)C(=O)O)C(C)(C)[C@@H]5CC[C@@]4(C)[C@]3(C)CCC2(C(O)CN(CC2CCC2)C(=O)CN(C)C)CC1=O. The van der Waals surface area contributed by atoms with Crippen LogP contribution in [-0.2, 0) is 23.9 Å². The van der Waals surface area contributed by atoms with Crippen LogP contribution in [0.4, 0.5) is 0 Å². The van der Waals surface area contributed by atoms with Gasteiger partial charge in [0.05, 0.1) is 24.5 Å². The first-order valence-electron chi connectivity index (χ1n) is 21.8. The molecule has 1 amide bonds. The first kappa shape index (κ1) is 42.3. The minimum absolute atomic E-state index is 0.0159. The lowest BCUT2D eigenvalue weighted by Crippen LogP contribution is -2.66. The van der Waals surface area contributed by atoms with Crippen LogP contribution >= 0.6 is 0 Å². The van der Waals surface area contributed by atoms with E-state index < -0.39 is 28.9 Å². The molecular weight excluding hydrogens is 693 g/mol. The van der Waals surface area contributed by atoms with E-state index in [2.05, 4.69) is 48.5 Å². The molecule has 5 saturated carbocycles. The van der Waals surface area contributed by atoms with E-state index in [-0.39, 0.29) is 64.3 Å². The molecule has 9 nitrogen and oxygen atoms in total. The van der Waals surface area contributed by atoms with Crippen LogP contribution < -0.4 is 0 Å². The molecule has 2 unspecified atom stereocenters. The zero-order valence-electron chi connectivity index (χ0n) is 36.2. The fourth-order valence-corrected chi connectivity index (χ4v) is 13.9. The van der Waals surface area contributed by atoms with Crippen molar-refractivity contribution in [2.75, 3.05) is 33.7 Å². The molecule has 0 saturated heterocycles. The molecule has 0 aliphatic heterocycles. The van der Waals surface area contributed by atoms with E-state index in [0.29, 0.717) is 37.3 Å². The van der Waals surface area contributed by atoms with Crippen molar-refractivity contribution in [1.82, 2.24) is 9.80 Å². The van der Waals surface area contributed by atoms with Crippen LogP contribution in [-0.4, -0.2) is 89.6 Å². The summed E-state index contributed by atoms with van der Waals surface area (Å²) in [5.41, 5.74) is 0.116. The third kappa shape index (κ3) is 6.85. The summed E-state index contributed by atoms with van der Waals surface area (Å²) >= 11 is 0. The molecule has 9 heteroatoms. The number of nitrogens with zero attached hydrogens (tertiary/aromatic N) is 2. The molecule has 0 radical (unpaired) electrons. The van der Waals surface area contributed by atoms with Crippen LogP contribution in [0.1, 0.15) is 146 Å². The van der Waals surface area contributed by atoms with Crippen molar-refractivity contribution in [2.24, 2.45) is 62.1 Å². The van der Waals surface area contributed by atoms with E-state index in [9.17, 15) is 29.4 Å². The molecule has 0 heterocycles. The minimum Gasteiger partial charge on any atom is -0.481 e. The number of hydrogen-bond acceptors (Lipinski definition) is 7. The Morgan fingerprint density at radius 1 is 0.891 bits per heavy atom. The summed E-state index contributed by atoms with van der Waals surface area (Å²) in [5.74, 6) is 0.390. The number of esters is 1. The van der Waals surface area contributed by atoms with Crippen LogP contribution in [0.2, 0.25) is 0 Å². The van der Waals surface area contributed by atoms with Gasteiger partial charge >= 0.3 is 11.9 Å². The number of likely N-dealkylation sites (N-methyl/N-ethyl adjacent to an activating group) is 1. The molecular formula is C46H74N2O7. The minimum atomic E-state index is -1.17. The Labute approximate surface area is 331 Å². The van der Waals surface area contributed by atoms with E-state index in [1.807, 2.05) is 23.9 Å². The van der Waals surface area contributed by atoms with Gasteiger partial charge in [-0.3, -0.25) is 19.2 Å². The van der Waals surface area contributed by atoms with E-state index in [1.165, 1.54) is 12.0 Å². The number of amides is 1. The molecule has 0 spiro atoms. The molecule has 6 aliphatic carbocycles. The number of carbonyl (C=O) groups excluding carboxylic acids is 3. The third-order valence-electron chi connectivity index (χ3n) is 17.4. The van der Waals surface area contributed by atoms with Gasteiger partial charge in [-0.15, -0.1) is 0 Å². The zero-order valence-corrected chi connectivity index (χ0v) is 36.2. The van der Waals surface area contributed by atoms with Crippen molar-refractivity contribution in [2.45, 2.75) is 158 Å². The number of ketones is 1. The van der Waals surface area contributed by atoms with Gasteiger partial charge in [-0.1, -0.05) is 60.5 Å². The van der Waals surface area contributed by atoms with Crippen LogP contribution in [0.25, 0.3) is 0 Å². The van der Waals surface area contributed by atoms with E-state index in [1.54, 1.807) is 13.8 Å². The molecule has 6 rings (SSSR count). The number of Topliss-reactive ketones (excluding diaryl/α,β-unsaturated/α-hetero) is 1. The van der Waals surface area contributed by atoms with Crippen molar-refractivity contribution in [3.63, 3.8) is 0 Å². The molecule has 310 valence electrons. The van der Waals surface area contributed by atoms with Gasteiger partial charge < -0.3 is 24.7 Å². The summed E-state index contributed by atoms with van der Waals surface area (Å²) in [4.78, 5) is 56.6. The van der Waals surface area contributed by atoms with Crippen LogP contribution in [0.15, 0.2) is 11.1 Å². The molecule has 6 aliphatic rings. The average molecular weight is 767 g/mol. The van der Waals surface area contributed by atoms with Crippen molar-refractivity contribution in [3.8, 4) is 0 Å². The Morgan fingerprint density at radius 2 is 1.56 bits per heavy atom. The monoisotopic (exact) mass is 767 g/mol. The fraction of sp³-hybridized carbons (Fsp3) is 0.870. The van der Waals surface area contributed by atoms with E-state index in [4.69, 9.17) is 4.74 Å². The Balaban J connectivity index is 1.29. The highest BCUT2D eigenvalue weighted by atomic mass is 16.5. The van der Waals surface area contributed by atoms with Crippen LogP contribution in [0.3, 0.4) is 0 Å². The summed E-state index contributed by atoms with van der Waals surface area (Å²) in [6.45, 7) is 20.8. The number of rotatable bonds is 12. The number of ether oxygens (including phenoxy) is 1. The normalized spacial score (nSPS) is 37.7. The van der Waals surface area contributed by atoms with Crippen molar-refractivity contribution >= 4 is 23.6 Å². The summed E-state index contributed by atoms with van der Waals surface area (Å²) in [6.07, 6.45) is 10.2. The molecule has 55 heavy (non-hydrogen) atoms. The Bertz CT molecular complexity index is 1580. The summed E-state index contributed by atoms with van der Waals surface area (Å²) < 4.78 is 6.18. The predicted molar refractivity (Wildman–Crippen MR) is 214 cm³/mol. The van der Waals surface area contributed by atoms with Crippen LogP contribution in [0, 0.1) is 62.1 Å². The molecule has 0 aromatic heterocycles. The zero-order chi connectivity index (χ0) is 40.7. The van der Waals surface area contributed by atoms with Crippen molar-refractivity contribution in [1.29, 1.82) is 0 Å². The van der Waals surface area contributed by atoms with Crippen molar-refractivity contribution in [3.05, 3.63) is 11.1 Å². The Hall–Kier alpha value is -2.26. The fourth-order valence-electron chi connectivity index (χ4n) is 13.9. The summed E-state index contributed by atoms with van der Waals surface area (Å²) in [5, 5.41) is 22.2. The Kier molecular flexibility index (Phi) is 11.2. The highest BCUT2D eigenvalue weighted by molar-refractivity contribution is 6.00. The van der Waals surface area contributed by atoms with Gasteiger partial charge in [0.25, 0.3) is 0 Å². The topological polar surface area (TPSA) is 124 Å². The lowest BCUT2D eigenvalue weighted by atomic mass is 9.33. The molecule has 9 atom stereocenters. The lowest BCUT2D eigenvalue weighted by Gasteiger charge is -2.72. The number of hydrogen-bond donors (Lipinski definition) is 2. The Morgan fingerprint density at radius 3 is 2.15 bits per heavy atom. The number of carboxylic acids is 1. The lowest BCUT2D eigenvalue weighted by molar-refractivity contribution is -0.235. The second-order valence-corrected chi connectivity index (χ2v) is 21.9. The van der Waals surface area contributed by atoms with E-state index in [0.717, 1.165) is 69.8 Å². The van der Waals surface area contributed by atoms with Gasteiger partial charge in [0.2, 0.25) is 5.91 Å². The maximum absolute atomic E-state index is 14.2. The van der Waals surface area contributed by atoms with Gasteiger partial charge in [-0.2, -0.15) is 0 Å². The number of fused-ring (bicyclic) bond motifs is 7. The first-order valence-corrected chi connectivity index (χ1v) is 21.8. The first-order chi connectivity index (χ1) is 25.4. The average Bonchev–Trinajstić information content (AvgIpc) is 3.36. The molecule has 0 bridgehead atoms. The molecule has 0 aromatic carbocycles. The highest BCUT2D eigenvalue weighted by Gasteiger charge is 2.71. The molecule has 0 aromatic rings.